The Morgan fingerprint density at radius 1 is 1.11 bits per heavy atom. The third-order valence-electron chi connectivity index (χ3n) is 4.34. The molecule has 1 atom stereocenters. The summed E-state index contributed by atoms with van der Waals surface area (Å²) in [4.78, 5) is 13.4. The zero-order chi connectivity index (χ0) is 20.7. The molecule has 2 rings (SSSR count). The average Bonchev–Trinajstić information content (AvgIpc) is 2.64. The maximum absolute atomic E-state index is 13.0. The normalized spacial score (nSPS) is 12.8. The number of hydrogen-bond donors (Lipinski definition) is 2. The first-order chi connectivity index (χ1) is 13.3. The number of benzene rings is 2. The van der Waals surface area contributed by atoms with Crippen LogP contribution < -0.4 is 10.2 Å². The summed E-state index contributed by atoms with van der Waals surface area (Å²) >= 11 is 0. The minimum atomic E-state index is -3.58. The molecule has 28 heavy (non-hydrogen) atoms. The molecule has 0 bridgehead atoms. The number of likely N-dealkylation sites (N-methyl/N-ethyl adjacent to an activating group) is 1. The first-order valence-electron chi connectivity index (χ1n) is 9.22. The quantitative estimate of drug-likeness (QED) is 0.661. The lowest BCUT2D eigenvalue weighted by Crippen LogP contribution is -3.08. The third-order valence-corrected chi connectivity index (χ3v) is 6.39. The molecule has 2 aromatic rings. The Bertz CT molecular complexity index is 897. The molecule has 0 aliphatic rings. The summed E-state index contributed by atoms with van der Waals surface area (Å²) in [5, 5.41) is 2.75. The number of sulfonamides is 1. The fraction of sp³-hybridized carbons (Fsp3) is 0.350. The highest BCUT2D eigenvalue weighted by Crippen LogP contribution is 2.19. The number of carbonyl (C=O) groups is 1. The van der Waals surface area contributed by atoms with E-state index in [1.54, 1.807) is 38.1 Å². The predicted octanol–water partition coefficient (Wildman–Crippen LogP) is 1.51. The number of amides is 1. The second-order valence-electron chi connectivity index (χ2n) is 6.60. The SMILES string of the molecule is CCN(CC)S(=O)(=O)c1cccc(NC(=O)C[NH+](C)Cc2ccc(F)cc2)c1. The molecule has 0 spiro atoms. The lowest BCUT2D eigenvalue weighted by atomic mass is 10.2. The van der Waals surface area contributed by atoms with E-state index in [-0.39, 0.29) is 23.2 Å². The highest BCUT2D eigenvalue weighted by molar-refractivity contribution is 7.89. The van der Waals surface area contributed by atoms with E-state index in [4.69, 9.17) is 0 Å². The standard InChI is InChI=1S/C20H26FN3O3S/c1-4-24(5-2)28(26,27)19-8-6-7-18(13-19)22-20(25)15-23(3)14-16-9-11-17(21)12-10-16/h6-13H,4-5,14-15H2,1-3H3,(H,22,25)/p+1. The van der Waals surface area contributed by atoms with Crippen LogP contribution in [-0.2, 0) is 21.4 Å². The molecule has 0 saturated heterocycles. The van der Waals surface area contributed by atoms with E-state index >= 15 is 0 Å². The van der Waals surface area contributed by atoms with E-state index < -0.39 is 10.0 Å². The summed E-state index contributed by atoms with van der Waals surface area (Å²) in [7, 11) is -1.72. The van der Waals surface area contributed by atoms with Gasteiger partial charge in [0.25, 0.3) is 5.91 Å². The van der Waals surface area contributed by atoms with Crippen molar-refractivity contribution >= 4 is 21.6 Å². The number of quaternary nitrogens is 1. The maximum atomic E-state index is 13.0. The average molecular weight is 409 g/mol. The molecule has 0 aliphatic heterocycles. The van der Waals surface area contributed by atoms with Crippen LogP contribution in [0.1, 0.15) is 19.4 Å². The molecule has 152 valence electrons. The minimum absolute atomic E-state index is 0.154. The van der Waals surface area contributed by atoms with Gasteiger partial charge in [-0.25, -0.2) is 12.8 Å². The van der Waals surface area contributed by atoms with E-state index in [0.29, 0.717) is 25.3 Å². The highest BCUT2D eigenvalue weighted by atomic mass is 32.2. The molecule has 1 amide bonds. The van der Waals surface area contributed by atoms with Crippen molar-refractivity contribution in [2.75, 3.05) is 32.0 Å². The van der Waals surface area contributed by atoms with Crippen LogP contribution in [0, 0.1) is 5.82 Å². The number of rotatable bonds is 9. The summed E-state index contributed by atoms with van der Waals surface area (Å²) in [6.07, 6.45) is 0. The van der Waals surface area contributed by atoms with Gasteiger partial charge in [0.2, 0.25) is 10.0 Å². The van der Waals surface area contributed by atoms with Gasteiger partial charge in [-0.2, -0.15) is 4.31 Å². The van der Waals surface area contributed by atoms with Crippen LogP contribution in [0.15, 0.2) is 53.4 Å². The maximum Gasteiger partial charge on any atom is 0.279 e. The van der Waals surface area contributed by atoms with Crippen LogP contribution in [0.3, 0.4) is 0 Å². The second-order valence-corrected chi connectivity index (χ2v) is 8.54. The first kappa shape index (κ1) is 22.0. The van der Waals surface area contributed by atoms with Crippen LogP contribution in [0.25, 0.3) is 0 Å². The monoisotopic (exact) mass is 408 g/mol. The molecule has 0 saturated carbocycles. The highest BCUT2D eigenvalue weighted by Gasteiger charge is 2.22. The number of nitrogens with zero attached hydrogens (tertiary/aromatic N) is 1. The Morgan fingerprint density at radius 2 is 1.75 bits per heavy atom. The van der Waals surface area contributed by atoms with Gasteiger partial charge < -0.3 is 10.2 Å². The molecular weight excluding hydrogens is 381 g/mol. The van der Waals surface area contributed by atoms with Gasteiger partial charge in [-0.1, -0.05) is 32.0 Å². The third kappa shape index (κ3) is 5.85. The van der Waals surface area contributed by atoms with Crippen LogP contribution in [-0.4, -0.2) is 45.3 Å². The van der Waals surface area contributed by atoms with E-state index in [1.807, 2.05) is 7.05 Å². The summed E-state index contributed by atoms with van der Waals surface area (Å²) in [5.74, 6) is -0.518. The smallest absolute Gasteiger partial charge is 0.279 e. The molecule has 2 aromatic carbocycles. The molecule has 0 aliphatic carbocycles. The molecule has 2 N–H and O–H groups in total. The molecule has 6 nitrogen and oxygen atoms in total. The van der Waals surface area contributed by atoms with Gasteiger partial charge in [0.05, 0.1) is 11.9 Å². The van der Waals surface area contributed by atoms with Gasteiger partial charge in [0.15, 0.2) is 6.54 Å². The fourth-order valence-corrected chi connectivity index (χ4v) is 4.44. The van der Waals surface area contributed by atoms with E-state index in [9.17, 15) is 17.6 Å². The molecule has 0 heterocycles. The van der Waals surface area contributed by atoms with Crippen molar-refractivity contribution in [3.05, 3.63) is 59.9 Å². The number of anilines is 1. The summed E-state index contributed by atoms with van der Waals surface area (Å²) < 4.78 is 39.6. The molecule has 0 aromatic heterocycles. The van der Waals surface area contributed by atoms with Crippen molar-refractivity contribution in [1.29, 1.82) is 0 Å². The summed E-state index contributed by atoms with van der Waals surface area (Å²) in [6, 6.07) is 12.4. The van der Waals surface area contributed by atoms with Crippen LogP contribution in [0.4, 0.5) is 10.1 Å². The Hall–Kier alpha value is -2.29. The number of nitrogens with one attached hydrogen (secondary N) is 2. The van der Waals surface area contributed by atoms with Crippen molar-refractivity contribution in [3.63, 3.8) is 0 Å². The number of hydrogen-bond acceptors (Lipinski definition) is 3. The van der Waals surface area contributed by atoms with Crippen molar-refractivity contribution in [1.82, 2.24) is 4.31 Å². The van der Waals surface area contributed by atoms with Crippen molar-refractivity contribution in [3.8, 4) is 0 Å². The van der Waals surface area contributed by atoms with E-state index in [2.05, 4.69) is 5.32 Å². The van der Waals surface area contributed by atoms with Gasteiger partial charge in [-0.05, 0) is 30.3 Å². The molecular formula is C20H27FN3O3S+. The van der Waals surface area contributed by atoms with Gasteiger partial charge in [-0.15, -0.1) is 0 Å². The van der Waals surface area contributed by atoms with E-state index in [0.717, 1.165) is 10.5 Å². The number of halogens is 1. The zero-order valence-corrected chi connectivity index (χ0v) is 17.2. The minimum Gasteiger partial charge on any atom is -0.326 e. The predicted molar refractivity (Wildman–Crippen MR) is 107 cm³/mol. The largest absolute Gasteiger partial charge is 0.326 e. The topological polar surface area (TPSA) is 70.9 Å². The molecule has 0 radical (unpaired) electrons. The Morgan fingerprint density at radius 3 is 2.36 bits per heavy atom. The van der Waals surface area contributed by atoms with Crippen LogP contribution >= 0.6 is 0 Å². The summed E-state index contributed by atoms with van der Waals surface area (Å²) in [6.45, 7) is 5.10. The first-order valence-corrected chi connectivity index (χ1v) is 10.7. The van der Waals surface area contributed by atoms with Crippen LogP contribution in [0.2, 0.25) is 0 Å². The molecule has 8 heteroatoms. The van der Waals surface area contributed by atoms with Gasteiger partial charge in [0, 0.05) is 24.3 Å². The van der Waals surface area contributed by atoms with Crippen molar-refractivity contribution in [2.24, 2.45) is 0 Å². The van der Waals surface area contributed by atoms with Gasteiger partial charge in [-0.3, -0.25) is 4.79 Å². The Labute approximate surface area is 166 Å². The second kappa shape index (κ2) is 9.77. The van der Waals surface area contributed by atoms with Crippen LogP contribution in [0.5, 0.6) is 0 Å². The van der Waals surface area contributed by atoms with Gasteiger partial charge in [0.1, 0.15) is 12.4 Å². The molecule has 0 fully saturated rings. The van der Waals surface area contributed by atoms with E-state index in [1.165, 1.54) is 28.6 Å². The number of carbonyl (C=O) groups excluding carboxylic acids is 1. The van der Waals surface area contributed by atoms with Crippen molar-refractivity contribution < 1.29 is 22.5 Å². The molecule has 1 unspecified atom stereocenters. The zero-order valence-electron chi connectivity index (χ0n) is 16.4. The fourth-order valence-electron chi connectivity index (χ4n) is 2.94. The Kier molecular flexibility index (Phi) is 7.68. The lowest BCUT2D eigenvalue weighted by molar-refractivity contribution is -0.885. The summed E-state index contributed by atoms with van der Waals surface area (Å²) in [5.41, 5.74) is 1.37. The van der Waals surface area contributed by atoms with Crippen molar-refractivity contribution in [2.45, 2.75) is 25.3 Å². The van der Waals surface area contributed by atoms with Gasteiger partial charge >= 0.3 is 0 Å². The lowest BCUT2D eigenvalue weighted by Gasteiger charge is -2.19. The Balaban J connectivity index is 2.01.